The Morgan fingerprint density at radius 2 is 1.69 bits per heavy atom. The van der Waals surface area contributed by atoms with Crippen LogP contribution in [-0.2, 0) is 10.4 Å². The molecule has 0 radical (unpaired) electrons. The van der Waals surface area contributed by atoms with Crippen LogP contribution >= 0.6 is 0 Å². The van der Waals surface area contributed by atoms with E-state index in [2.05, 4.69) is 15.3 Å². The summed E-state index contributed by atoms with van der Waals surface area (Å²) in [6, 6.07) is 22.6. The first-order chi connectivity index (χ1) is 23.1. The van der Waals surface area contributed by atoms with E-state index in [1.54, 1.807) is 83.9 Å². The molecule has 5 aromatic rings. The summed E-state index contributed by atoms with van der Waals surface area (Å²) < 4.78 is 0. The van der Waals surface area contributed by atoms with Gasteiger partial charge >= 0.3 is 5.97 Å². The number of carbonyl (C=O) groups excluding carboxylic acids is 1. The number of fused-ring (bicyclic) bond motifs is 1. The molecule has 246 valence electrons. The number of nitrogens with one attached hydrogen (secondary N) is 2. The number of aromatic hydroxyl groups is 1. The van der Waals surface area contributed by atoms with Gasteiger partial charge in [0.15, 0.2) is 0 Å². The molecule has 1 aliphatic heterocycles. The van der Waals surface area contributed by atoms with E-state index in [1.165, 1.54) is 18.3 Å². The number of phenolic OH excluding ortho intramolecular Hbond substituents is 1. The van der Waals surface area contributed by atoms with Crippen LogP contribution < -0.4 is 10.9 Å². The van der Waals surface area contributed by atoms with E-state index in [9.17, 15) is 34.8 Å². The number of aliphatic hydroxyl groups excluding tert-OH is 1. The first kappa shape index (κ1) is 32.6. The minimum atomic E-state index is -2.25. The number of hydrogen-bond donors (Lipinski definition) is 6. The largest absolute Gasteiger partial charge is 0.506 e. The fourth-order valence-electron chi connectivity index (χ4n) is 6.34. The highest BCUT2D eigenvalue weighted by Gasteiger charge is 2.40. The number of pyridine rings is 2. The van der Waals surface area contributed by atoms with Crippen molar-refractivity contribution in [1.82, 2.24) is 20.2 Å². The number of nitrogens with zero attached hydrogens (tertiary/aromatic N) is 2. The smallest absolute Gasteiger partial charge is 0.345 e. The summed E-state index contributed by atoms with van der Waals surface area (Å²) >= 11 is 0. The maximum absolute atomic E-state index is 13.5. The van der Waals surface area contributed by atoms with E-state index in [0.717, 1.165) is 12.8 Å². The van der Waals surface area contributed by atoms with Crippen LogP contribution in [0.15, 0.2) is 102 Å². The average molecular weight is 649 g/mol. The zero-order chi connectivity index (χ0) is 33.8. The number of hydrogen-bond acceptors (Lipinski definition) is 8. The third-order valence-electron chi connectivity index (χ3n) is 9.04. The molecule has 3 aromatic carbocycles. The second kappa shape index (κ2) is 13.8. The van der Waals surface area contributed by atoms with Gasteiger partial charge in [0.25, 0.3) is 5.91 Å². The molecule has 3 heterocycles. The Balaban J connectivity index is 1.07. The number of amides is 1. The van der Waals surface area contributed by atoms with Crippen LogP contribution in [0.25, 0.3) is 22.0 Å². The molecular weight excluding hydrogens is 612 g/mol. The molecule has 2 aromatic heterocycles. The van der Waals surface area contributed by atoms with E-state index in [1.807, 2.05) is 0 Å². The quantitative estimate of drug-likeness (QED) is 0.132. The highest BCUT2D eigenvalue weighted by molar-refractivity contribution is 5.95. The van der Waals surface area contributed by atoms with Crippen LogP contribution in [0.2, 0.25) is 0 Å². The fourth-order valence-corrected chi connectivity index (χ4v) is 6.34. The summed E-state index contributed by atoms with van der Waals surface area (Å²) in [7, 11) is 0. The van der Waals surface area contributed by atoms with Crippen LogP contribution in [0, 0.1) is 5.92 Å². The minimum Gasteiger partial charge on any atom is -0.506 e. The van der Waals surface area contributed by atoms with Gasteiger partial charge < -0.3 is 35.6 Å². The fraction of sp³-hybridized carbons (Fsp3) is 0.243. The molecule has 1 saturated heterocycles. The van der Waals surface area contributed by atoms with Gasteiger partial charge in [-0.2, -0.15) is 0 Å². The predicted molar refractivity (Wildman–Crippen MR) is 179 cm³/mol. The van der Waals surface area contributed by atoms with Gasteiger partial charge in [-0.15, -0.1) is 0 Å². The van der Waals surface area contributed by atoms with E-state index in [-0.39, 0.29) is 34.9 Å². The first-order valence-corrected chi connectivity index (χ1v) is 15.8. The van der Waals surface area contributed by atoms with Crippen LogP contribution in [0.4, 0.5) is 0 Å². The molecule has 6 N–H and O–H groups in total. The maximum atomic E-state index is 13.5. The standard InChI is InChI=1S/C37H36N4O7/c42-31-11-9-29(30-10-12-33(44)40-34(30)31)32(43)22-38-19-23-13-15-41(16-14-23)35(45)26-17-25(20-39-21-26)24-5-4-8-28(18-24)37(48,36(46)47)27-6-2-1-3-7-27/h1-12,17-18,20-21,23,32,38,42-43,48H,13-16,19,22H2,(H,40,44)(H,46,47). The summed E-state index contributed by atoms with van der Waals surface area (Å²) in [6.45, 7) is 2.07. The summed E-state index contributed by atoms with van der Waals surface area (Å²) in [6.07, 6.45) is 3.83. The number of aromatic nitrogens is 2. The molecule has 0 spiro atoms. The normalized spacial score (nSPS) is 15.6. The number of rotatable bonds is 10. The number of piperidine rings is 1. The lowest BCUT2D eigenvalue weighted by molar-refractivity contribution is -0.155. The van der Waals surface area contributed by atoms with Gasteiger partial charge in [-0.3, -0.25) is 14.6 Å². The van der Waals surface area contributed by atoms with Crippen molar-refractivity contribution in [3.8, 4) is 16.9 Å². The lowest BCUT2D eigenvalue weighted by atomic mass is 9.85. The van der Waals surface area contributed by atoms with Crippen molar-refractivity contribution in [2.75, 3.05) is 26.2 Å². The Bertz CT molecular complexity index is 2010. The van der Waals surface area contributed by atoms with Gasteiger partial charge in [0, 0.05) is 54.6 Å². The summed E-state index contributed by atoms with van der Waals surface area (Å²) in [5.74, 6) is -1.30. The molecule has 0 saturated carbocycles. The van der Waals surface area contributed by atoms with Crippen molar-refractivity contribution in [2.24, 2.45) is 5.92 Å². The summed E-state index contributed by atoms with van der Waals surface area (Å²) in [5.41, 5.74) is 0.370. The maximum Gasteiger partial charge on any atom is 0.345 e. The molecule has 2 atom stereocenters. The molecule has 11 nitrogen and oxygen atoms in total. The van der Waals surface area contributed by atoms with Gasteiger partial charge in [0.2, 0.25) is 11.2 Å². The van der Waals surface area contributed by atoms with Crippen molar-refractivity contribution < 1.29 is 30.0 Å². The predicted octanol–water partition coefficient (Wildman–Crippen LogP) is 3.79. The van der Waals surface area contributed by atoms with E-state index in [0.29, 0.717) is 58.7 Å². The topological polar surface area (TPSA) is 176 Å². The van der Waals surface area contributed by atoms with Gasteiger partial charge in [-0.25, -0.2) is 4.79 Å². The minimum absolute atomic E-state index is 0.0584. The average Bonchev–Trinajstić information content (AvgIpc) is 3.12. The molecule has 1 amide bonds. The highest BCUT2D eigenvalue weighted by Crippen LogP contribution is 2.33. The second-order valence-corrected chi connectivity index (χ2v) is 12.1. The van der Waals surface area contributed by atoms with Crippen LogP contribution in [-0.4, -0.2) is 73.3 Å². The SMILES string of the molecule is O=C(c1cncc(-c2cccc(C(O)(C(=O)O)c3ccccc3)c2)c1)N1CCC(CNCC(O)c2ccc(O)c3[nH]c(=O)ccc23)CC1. The van der Waals surface area contributed by atoms with Crippen molar-refractivity contribution in [1.29, 1.82) is 0 Å². The number of benzene rings is 3. The third kappa shape index (κ3) is 6.56. The van der Waals surface area contributed by atoms with Gasteiger partial charge in [-0.05, 0) is 66.3 Å². The van der Waals surface area contributed by atoms with Crippen LogP contribution in [0.3, 0.4) is 0 Å². The summed E-state index contributed by atoms with van der Waals surface area (Å²) in [4.78, 5) is 46.2. The molecule has 1 fully saturated rings. The third-order valence-corrected chi connectivity index (χ3v) is 9.04. The molecule has 11 heteroatoms. The van der Waals surface area contributed by atoms with Crippen molar-refractivity contribution in [3.05, 3.63) is 130 Å². The number of carbonyl (C=O) groups is 2. The lowest BCUT2D eigenvalue weighted by Gasteiger charge is -2.32. The molecular formula is C37H36N4O7. The summed E-state index contributed by atoms with van der Waals surface area (Å²) in [5, 5.41) is 46.2. The van der Waals surface area contributed by atoms with E-state index in [4.69, 9.17) is 0 Å². The molecule has 0 aliphatic carbocycles. The number of phenols is 1. The Kier molecular flexibility index (Phi) is 9.35. The molecule has 2 unspecified atom stereocenters. The number of aromatic amines is 1. The molecule has 48 heavy (non-hydrogen) atoms. The number of H-pyrrole nitrogens is 1. The number of carboxylic acids is 1. The van der Waals surface area contributed by atoms with Crippen molar-refractivity contribution >= 4 is 22.8 Å². The zero-order valence-electron chi connectivity index (χ0n) is 26.0. The molecule has 1 aliphatic rings. The Morgan fingerprint density at radius 1 is 0.938 bits per heavy atom. The van der Waals surface area contributed by atoms with Gasteiger partial charge in [0.05, 0.1) is 17.2 Å². The Morgan fingerprint density at radius 3 is 2.44 bits per heavy atom. The number of aliphatic hydroxyl groups is 2. The second-order valence-electron chi connectivity index (χ2n) is 12.1. The Hall–Kier alpha value is -5.36. The van der Waals surface area contributed by atoms with Crippen LogP contribution in [0.1, 0.15) is 46.0 Å². The van der Waals surface area contributed by atoms with Gasteiger partial charge in [0.1, 0.15) is 5.75 Å². The first-order valence-electron chi connectivity index (χ1n) is 15.8. The molecule has 6 rings (SSSR count). The molecule has 0 bridgehead atoms. The van der Waals surface area contributed by atoms with Crippen molar-refractivity contribution in [3.63, 3.8) is 0 Å². The number of likely N-dealkylation sites (tertiary alicyclic amines) is 1. The van der Waals surface area contributed by atoms with E-state index < -0.39 is 17.7 Å². The number of aliphatic carboxylic acids is 1. The van der Waals surface area contributed by atoms with Crippen molar-refractivity contribution in [2.45, 2.75) is 24.5 Å². The van der Waals surface area contributed by atoms with Crippen LogP contribution in [0.5, 0.6) is 5.75 Å². The monoisotopic (exact) mass is 648 g/mol. The van der Waals surface area contributed by atoms with E-state index >= 15 is 0 Å². The van der Waals surface area contributed by atoms with Gasteiger partial charge in [-0.1, -0.05) is 54.6 Å². The Labute approximate surface area is 276 Å². The lowest BCUT2D eigenvalue weighted by Crippen LogP contribution is -2.41. The zero-order valence-corrected chi connectivity index (χ0v) is 26.0. The number of carboxylic acid groups (broad SMARTS) is 1. The highest BCUT2D eigenvalue weighted by atomic mass is 16.4.